The molecule has 0 saturated carbocycles. The average Bonchev–Trinajstić information content (AvgIpc) is 2.98. The van der Waals surface area contributed by atoms with Crippen LogP contribution in [0, 0.1) is 17.2 Å². The van der Waals surface area contributed by atoms with Crippen molar-refractivity contribution in [2.45, 2.75) is 13.8 Å². The summed E-state index contributed by atoms with van der Waals surface area (Å²) >= 11 is 0. The van der Waals surface area contributed by atoms with Gasteiger partial charge in [-0.1, -0.05) is 44.2 Å². The van der Waals surface area contributed by atoms with E-state index in [-0.39, 0.29) is 0 Å². The number of benzene rings is 2. The number of imidazole rings is 1. The highest BCUT2D eigenvalue weighted by Crippen LogP contribution is 2.33. The lowest BCUT2D eigenvalue weighted by molar-refractivity contribution is 0.689. The van der Waals surface area contributed by atoms with Crippen LogP contribution in [0.1, 0.15) is 19.4 Å². The van der Waals surface area contributed by atoms with E-state index in [0.29, 0.717) is 17.1 Å². The molecule has 2 aromatic carbocycles. The van der Waals surface area contributed by atoms with Gasteiger partial charge in [0.1, 0.15) is 11.6 Å². The summed E-state index contributed by atoms with van der Waals surface area (Å²) in [5.74, 6) is 0.491. The SMILES string of the molecule is CC(C)CNc1c(C#N)c2nc3ccccc3n2c2ccccc12. The Hall–Kier alpha value is -3.06. The van der Waals surface area contributed by atoms with Crippen molar-refractivity contribution in [1.29, 1.82) is 5.26 Å². The molecule has 24 heavy (non-hydrogen) atoms. The molecule has 0 atom stereocenters. The molecule has 0 unspecified atom stereocenters. The molecule has 2 heterocycles. The number of nitrogens with one attached hydrogen (secondary N) is 1. The zero-order valence-corrected chi connectivity index (χ0v) is 13.7. The fraction of sp³-hybridized carbons (Fsp3) is 0.200. The quantitative estimate of drug-likeness (QED) is 0.602. The number of aromatic nitrogens is 2. The number of nitriles is 1. The molecule has 4 rings (SSSR count). The lowest BCUT2D eigenvalue weighted by atomic mass is 10.1. The predicted molar refractivity (Wildman–Crippen MR) is 98.2 cm³/mol. The largest absolute Gasteiger partial charge is 0.383 e. The number of para-hydroxylation sites is 3. The summed E-state index contributed by atoms with van der Waals surface area (Å²) in [5.41, 5.74) is 5.18. The van der Waals surface area contributed by atoms with Crippen LogP contribution in [0.5, 0.6) is 0 Å². The first-order valence-electron chi connectivity index (χ1n) is 8.16. The van der Waals surface area contributed by atoms with Crippen LogP contribution in [0.4, 0.5) is 5.69 Å². The first-order valence-corrected chi connectivity index (χ1v) is 8.16. The molecule has 0 radical (unpaired) electrons. The zero-order chi connectivity index (χ0) is 16.7. The van der Waals surface area contributed by atoms with Gasteiger partial charge in [0.25, 0.3) is 0 Å². The number of hydrogen-bond donors (Lipinski definition) is 1. The van der Waals surface area contributed by atoms with Gasteiger partial charge >= 0.3 is 0 Å². The van der Waals surface area contributed by atoms with Crippen LogP contribution < -0.4 is 5.32 Å². The second-order valence-corrected chi connectivity index (χ2v) is 6.41. The van der Waals surface area contributed by atoms with Crippen LogP contribution in [0.2, 0.25) is 0 Å². The molecule has 0 fully saturated rings. The van der Waals surface area contributed by atoms with Crippen molar-refractivity contribution in [3.05, 3.63) is 54.1 Å². The summed E-state index contributed by atoms with van der Waals surface area (Å²) in [6.45, 7) is 5.13. The fourth-order valence-corrected chi connectivity index (χ4v) is 3.16. The number of hydrogen-bond acceptors (Lipinski definition) is 3. The number of fused-ring (bicyclic) bond motifs is 5. The maximum Gasteiger partial charge on any atom is 0.158 e. The highest BCUT2D eigenvalue weighted by Gasteiger charge is 2.18. The Bertz CT molecular complexity index is 1100. The molecule has 2 aromatic heterocycles. The Labute approximate surface area is 140 Å². The Morgan fingerprint density at radius 1 is 1.08 bits per heavy atom. The predicted octanol–water partition coefficient (Wildman–Crippen LogP) is 4.58. The van der Waals surface area contributed by atoms with E-state index >= 15 is 0 Å². The lowest BCUT2D eigenvalue weighted by Gasteiger charge is -2.15. The van der Waals surface area contributed by atoms with E-state index in [0.717, 1.165) is 34.2 Å². The van der Waals surface area contributed by atoms with Crippen LogP contribution in [0.15, 0.2) is 48.5 Å². The maximum absolute atomic E-state index is 9.82. The summed E-state index contributed by atoms with van der Waals surface area (Å²) < 4.78 is 2.09. The van der Waals surface area contributed by atoms with Gasteiger partial charge in [-0.25, -0.2) is 4.98 Å². The van der Waals surface area contributed by atoms with Crippen molar-refractivity contribution < 1.29 is 0 Å². The molecule has 0 bridgehead atoms. The van der Waals surface area contributed by atoms with Crippen LogP contribution in [0.3, 0.4) is 0 Å². The monoisotopic (exact) mass is 314 g/mol. The van der Waals surface area contributed by atoms with E-state index in [9.17, 15) is 5.26 Å². The van der Waals surface area contributed by atoms with Gasteiger partial charge in [-0.3, -0.25) is 4.40 Å². The number of pyridine rings is 1. The van der Waals surface area contributed by atoms with Gasteiger partial charge in [-0.15, -0.1) is 0 Å². The van der Waals surface area contributed by atoms with Gasteiger partial charge < -0.3 is 5.32 Å². The molecule has 4 nitrogen and oxygen atoms in total. The van der Waals surface area contributed by atoms with Crippen molar-refractivity contribution in [2.24, 2.45) is 5.92 Å². The van der Waals surface area contributed by atoms with Crippen molar-refractivity contribution >= 4 is 33.3 Å². The van der Waals surface area contributed by atoms with Crippen LogP contribution >= 0.6 is 0 Å². The molecule has 0 aliphatic heterocycles. The first-order chi connectivity index (χ1) is 11.7. The molecule has 4 aromatic rings. The van der Waals surface area contributed by atoms with Crippen LogP contribution in [0.25, 0.3) is 27.6 Å². The molecular formula is C20H18N4. The summed E-state index contributed by atoms with van der Waals surface area (Å²) in [7, 11) is 0. The second-order valence-electron chi connectivity index (χ2n) is 6.41. The zero-order valence-electron chi connectivity index (χ0n) is 13.7. The lowest BCUT2D eigenvalue weighted by Crippen LogP contribution is -2.10. The molecule has 1 N–H and O–H groups in total. The Morgan fingerprint density at radius 2 is 1.79 bits per heavy atom. The van der Waals surface area contributed by atoms with E-state index in [1.165, 1.54) is 0 Å². The number of rotatable bonds is 3. The third-order valence-electron chi connectivity index (χ3n) is 4.25. The maximum atomic E-state index is 9.82. The fourth-order valence-electron chi connectivity index (χ4n) is 3.16. The van der Waals surface area contributed by atoms with Crippen molar-refractivity contribution in [2.75, 3.05) is 11.9 Å². The van der Waals surface area contributed by atoms with Crippen LogP contribution in [-0.4, -0.2) is 15.9 Å². The molecule has 4 heteroatoms. The Kier molecular flexibility index (Phi) is 3.35. The molecular weight excluding hydrogens is 296 g/mol. The average molecular weight is 314 g/mol. The highest BCUT2D eigenvalue weighted by molar-refractivity contribution is 6.02. The molecule has 0 spiro atoms. The van der Waals surface area contributed by atoms with Gasteiger partial charge in [-0.2, -0.15) is 5.26 Å². The smallest absolute Gasteiger partial charge is 0.158 e. The Morgan fingerprint density at radius 3 is 2.54 bits per heavy atom. The van der Waals surface area contributed by atoms with E-state index in [1.54, 1.807) is 0 Å². The molecule has 0 amide bonds. The van der Waals surface area contributed by atoms with E-state index in [1.807, 2.05) is 36.4 Å². The van der Waals surface area contributed by atoms with Gasteiger partial charge in [0, 0.05) is 11.9 Å². The number of nitrogens with zero attached hydrogens (tertiary/aromatic N) is 3. The first kappa shape index (κ1) is 14.5. The van der Waals surface area contributed by atoms with Gasteiger partial charge in [0.2, 0.25) is 0 Å². The molecule has 0 aliphatic rings. The topological polar surface area (TPSA) is 53.1 Å². The third-order valence-corrected chi connectivity index (χ3v) is 4.25. The summed E-state index contributed by atoms with van der Waals surface area (Å²) in [6.07, 6.45) is 0. The minimum atomic E-state index is 0.491. The van der Waals surface area contributed by atoms with E-state index in [4.69, 9.17) is 4.98 Å². The molecule has 0 aliphatic carbocycles. The number of anilines is 1. The Balaban J connectivity index is 2.18. The third kappa shape index (κ3) is 2.10. The summed E-state index contributed by atoms with van der Waals surface area (Å²) in [5, 5.41) is 14.3. The minimum absolute atomic E-state index is 0.491. The van der Waals surface area contributed by atoms with Crippen LogP contribution in [-0.2, 0) is 0 Å². The van der Waals surface area contributed by atoms with E-state index < -0.39 is 0 Å². The standard InChI is InChI=1S/C20H18N4/c1-13(2)12-22-19-14-7-3-5-9-17(14)24-18-10-6-4-8-16(18)23-20(24)15(19)11-21/h3-10,13,22H,12H2,1-2H3. The normalized spacial score (nSPS) is 11.4. The van der Waals surface area contributed by atoms with Gasteiger partial charge in [-0.05, 0) is 24.1 Å². The van der Waals surface area contributed by atoms with Crippen molar-refractivity contribution in [3.63, 3.8) is 0 Å². The second kappa shape index (κ2) is 5.54. The molecule has 118 valence electrons. The molecule has 0 saturated heterocycles. The van der Waals surface area contributed by atoms with Gasteiger partial charge in [0.15, 0.2) is 5.65 Å². The van der Waals surface area contributed by atoms with Crippen molar-refractivity contribution in [1.82, 2.24) is 9.38 Å². The summed E-state index contributed by atoms with van der Waals surface area (Å²) in [6, 6.07) is 18.6. The minimum Gasteiger partial charge on any atom is -0.383 e. The summed E-state index contributed by atoms with van der Waals surface area (Å²) in [4.78, 5) is 4.72. The highest BCUT2D eigenvalue weighted by atomic mass is 15.0. The van der Waals surface area contributed by atoms with Gasteiger partial charge in [0.05, 0.1) is 22.2 Å². The van der Waals surface area contributed by atoms with Crippen molar-refractivity contribution in [3.8, 4) is 6.07 Å². The van der Waals surface area contributed by atoms with E-state index in [2.05, 4.69) is 41.8 Å².